The molecule has 1 saturated carbocycles. The third kappa shape index (κ3) is 3.79. The van der Waals surface area contributed by atoms with Gasteiger partial charge < -0.3 is 24.7 Å². The number of carboxylic acids is 1. The Bertz CT molecular complexity index is 933. The fourth-order valence-electron chi connectivity index (χ4n) is 3.36. The van der Waals surface area contributed by atoms with Crippen molar-refractivity contribution in [1.29, 1.82) is 0 Å². The van der Waals surface area contributed by atoms with Crippen molar-refractivity contribution in [1.82, 2.24) is 0 Å². The summed E-state index contributed by atoms with van der Waals surface area (Å²) in [5.74, 6) is 2.53. The summed E-state index contributed by atoms with van der Waals surface area (Å²) in [5.41, 5.74) is 1.03. The number of carbonyl (C=O) groups is 2. The number of hydrogen-bond acceptors (Lipinski definition) is 5. The van der Waals surface area contributed by atoms with E-state index in [1.807, 2.05) is 12.1 Å². The van der Waals surface area contributed by atoms with Crippen molar-refractivity contribution in [3.05, 3.63) is 53.6 Å². The second-order valence-corrected chi connectivity index (χ2v) is 6.72. The number of ether oxygens (including phenoxy) is 2. The Hall–Kier alpha value is -3.46. The normalized spacial score (nSPS) is 19.9. The third-order valence-electron chi connectivity index (χ3n) is 5.02. The van der Waals surface area contributed by atoms with E-state index in [9.17, 15) is 14.7 Å². The van der Waals surface area contributed by atoms with Gasteiger partial charge in [0.25, 0.3) is 0 Å². The summed E-state index contributed by atoms with van der Waals surface area (Å²) >= 11 is 0. The quantitative estimate of drug-likeness (QED) is 0.514. The van der Waals surface area contributed by atoms with Gasteiger partial charge in [-0.25, -0.2) is 4.79 Å². The fraction of sp³-hybridized carbons (Fsp3) is 0.273. The summed E-state index contributed by atoms with van der Waals surface area (Å²) in [6, 6.07) is 12.2. The van der Waals surface area contributed by atoms with Crippen LogP contribution >= 0.6 is 0 Å². The van der Waals surface area contributed by atoms with Crippen LogP contribution in [0.3, 0.4) is 0 Å². The van der Waals surface area contributed by atoms with Gasteiger partial charge in [0.05, 0.1) is 18.1 Å². The predicted molar refractivity (Wildman–Crippen MR) is 105 cm³/mol. The van der Waals surface area contributed by atoms with Crippen LogP contribution in [0.4, 0.5) is 5.69 Å². The average molecular weight is 379 g/mol. The van der Waals surface area contributed by atoms with Gasteiger partial charge in [-0.2, -0.15) is 0 Å². The van der Waals surface area contributed by atoms with Crippen LogP contribution in [0.25, 0.3) is 0 Å². The Morgan fingerprint density at radius 3 is 2.82 bits per heavy atom. The second kappa shape index (κ2) is 8.05. The van der Waals surface area contributed by atoms with Crippen molar-refractivity contribution in [2.45, 2.75) is 12.3 Å². The van der Waals surface area contributed by atoms with Gasteiger partial charge in [0, 0.05) is 12.2 Å². The number of aldehydes is 1. The molecule has 3 rings (SSSR count). The summed E-state index contributed by atoms with van der Waals surface area (Å²) < 4.78 is 10.8. The number of methoxy groups -OCH3 is 1. The zero-order valence-corrected chi connectivity index (χ0v) is 15.5. The highest BCUT2D eigenvalue weighted by atomic mass is 16.5. The minimum atomic E-state index is -1.01. The van der Waals surface area contributed by atoms with Crippen LogP contribution in [-0.4, -0.2) is 37.6 Å². The predicted octanol–water partition coefficient (Wildman–Crippen LogP) is 3.19. The first-order valence-corrected chi connectivity index (χ1v) is 8.81. The lowest BCUT2D eigenvalue weighted by Gasteiger charge is -2.15. The van der Waals surface area contributed by atoms with Crippen LogP contribution < -0.4 is 14.8 Å². The van der Waals surface area contributed by atoms with Crippen molar-refractivity contribution in [2.24, 2.45) is 5.41 Å². The van der Waals surface area contributed by atoms with Gasteiger partial charge in [0.1, 0.15) is 12.9 Å². The van der Waals surface area contributed by atoms with Crippen LogP contribution in [0.15, 0.2) is 42.5 Å². The first-order chi connectivity index (χ1) is 13.5. The van der Waals surface area contributed by atoms with Gasteiger partial charge in [-0.15, -0.1) is 6.42 Å². The number of carbonyl (C=O) groups excluding carboxylic acids is 1. The van der Waals surface area contributed by atoms with E-state index in [2.05, 4.69) is 11.2 Å². The van der Waals surface area contributed by atoms with Gasteiger partial charge in [-0.1, -0.05) is 24.1 Å². The van der Waals surface area contributed by atoms with Gasteiger partial charge in [0.15, 0.2) is 11.5 Å². The van der Waals surface area contributed by atoms with E-state index in [0.717, 1.165) is 11.8 Å². The largest absolute Gasteiger partial charge is 0.493 e. The molecule has 2 aromatic rings. The molecular formula is C22H21NO5. The monoisotopic (exact) mass is 379 g/mol. The van der Waals surface area contributed by atoms with E-state index < -0.39 is 11.4 Å². The number of para-hydroxylation sites is 1. The van der Waals surface area contributed by atoms with Gasteiger partial charge in [-0.3, -0.25) is 0 Å². The molecule has 0 amide bonds. The van der Waals surface area contributed by atoms with E-state index in [1.54, 1.807) is 31.4 Å². The number of rotatable bonds is 9. The molecule has 0 saturated heterocycles. The lowest BCUT2D eigenvalue weighted by atomic mass is 9.99. The summed E-state index contributed by atoms with van der Waals surface area (Å²) in [5, 5.41) is 12.4. The number of aromatic carboxylic acids is 1. The molecule has 1 aliphatic rings. The first kappa shape index (κ1) is 19.3. The highest BCUT2D eigenvalue weighted by Gasteiger charge is 2.55. The van der Waals surface area contributed by atoms with Crippen molar-refractivity contribution >= 4 is 17.9 Å². The maximum Gasteiger partial charge on any atom is 0.337 e. The van der Waals surface area contributed by atoms with Gasteiger partial charge >= 0.3 is 5.97 Å². The Balaban J connectivity index is 1.77. The lowest BCUT2D eigenvalue weighted by Crippen LogP contribution is -2.20. The van der Waals surface area contributed by atoms with Crippen molar-refractivity contribution < 1.29 is 24.2 Å². The molecule has 2 aromatic carbocycles. The van der Waals surface area contributed by atoms with E-state index in [-0.39, 0.29) is 18.1 Å². The molecule has 0 radical (unpaired) electrons. The fourth-order valence-corrected chi connectivity index (χ4v) is 3.36. The number of anilines is 1. The molecule has 6 nitrogen and oxygen atoms in total. The summed E-state index contributed by atoms with van der Waals surface area (Å²) in [7, 11) is 1.55. The number of benzene rings is 2. The topological polar surface area (TPSA) is 84.9 Å². The number of nitrogens with one attached hydrogen (secondary N) is 1. The van der Waals surface area contributed by atoms with Crippen LogP contribution in [0.1, 0.15) is 28.3 Å². The van der Waals surface area contributed by atoms with E-state index in [4.69, 9.17) is 15.9 Å². The Morgan fingerprint density at radius 2 is 2.14 bits per heavy atom. The minimum absolute atomic E-state index is 0.00795. The molecule has 6 heteroatoms. The Labute approximate surface area is 163 Å². The van der Waals surface area contributed by atoms with Crippen LogP contribution in [-0.2, 0) is 4.79 Å². The van der Waals surface area contributed by atoms with E-state index in [0.29, 0.717) is 30.2 Å². The minimum Gasteiger partial charge on any atom is -0.493 e. The molecule has 1 aliphatic carbocycles. The maximum absolute atomic E-state index is 11.9. The van der Waals surface area contributed by atoms with Crippen LogP contribution in [0.5, 0.6) is 11.5 Å². The number of terminal acetylenes is 1. The molecule has 0 spiro atoms. The molecule has 2 N–H and O–H groups in total. The molecule has 1 fully saturated rings. The highest BCUT2D eigenvalue weighted by Crippen LogP contribution is 2.58. The molecule has 2 unspecified atom stereocenters. The zero-order chi connectivity index (χ0) is 20.1. The first-order valence-electron chi connectivity index (χ1n) is 8.81. The summed E-state index contributed by atoms with van der Waals surface area (Å²) in [6.45, 7) is 0.467. The molecule has 0 heterocycles. The molecule has 0 aromatic heterocycles. The summed E-state index contributed by atoms with van der Waals surface area (Å²) in [4.78, 5) is 23.2. The summed E-state index contributed by atoms with van der Waals surface area (Å²) in [6.07, 6.45) is 6.87. The number of hydrogen-bond donors (Lipinski definition) is 2. The Kier molecular flexibility index (Phi) is 5.55. The van der Waals surface area contributed by atoms with Crippen molar-refractivity contribution in [3.63, 3.8) is 0 Å². The number of carboxylic acid groups (broad SMARTS) is 1. The lowest BCUT2D eigenvalue weighted by molar-refractivity contribution is -0.111. The third-order valence-corrected chi connectivity index (χ3v) is 5.02. The van der Waals surface area contributed by atoms with Crippen molar-refractivity contribution in [3.8, 4) is 23.8 Å². The van der Waals surface area contributed by atoms with Crippen LogP contribution in [0.2, 0.25) is 0 Å². The van der Waals surface area contributed by atoms with Gasteiger partial charge in [-0.05, 0) is 42.2 Å². The molecule has 144 valence electrons. The SMILES string of the molecule is C#CCOc1cc(C2CC2(C=O)CNc2ccccc2C(=O)O)ccc1OC. The smallest absolute Gasteiger partial charge is 0.337 e. The molecule has 0 aliphatic heterocycles. The highest BCUT2D eigenvalue weighted by molar-refractivity contribution is 5.94. The second-order valence-electron chi connectivity index (χ2n) is 6.72. The Morgan fingerprint density at radius 1 is 1.36 bits per heavy atom. The molecule has 2 atom stereocenters. The molecular weight excluding hydrogens is 358 g/mol. The van der Waals surface area contributed by atoms with Crippen molar-refractivity contribution in [2.75, 3.05) is 25.6 Å². The van der Waals surface area contributed by atoms with E-state index >= 15 is 0 Å². The van der Waals surface area contributed by atoms with Crippen LogP contribution in [0, 0.1) is 17.8 Å². The average Bonchev–Trinajstić information content (AvgIpc) is 3.45. The molecule has 0 bridgehead atoms. The standard InChI is InChI=1S/C22H21NO5/c1-3-10-28-20-11-15(8-9-19(20)27-2)17-12-22(17,14-24)13-23-18-7-5-4-6-16(18)21(25)26/h1,4-9,11,14,17,23H,10,12-13H2,2H3,(H,25,26). The van der Waals surface area contributed by atoms with E-state index in [1.165, 1.54) is 6.07 Å². The zero-order valence-electron chi connectivity index (χ0n) is 15.5. The van der Waals surface area contributed by atoms with Gasteiger partial charge in [0.2, 0.25) is 0 Å². The molecule has 28 heavy (non-hydrogen) atoms. The maximum atomic E-state index is 11.9.